The molecule has 1 amide bonds. The van der Waals surface area contributed by atoms with Gasteiger partial charge in [0.25, 0.3) is 0 Å². The number of ether oxygens (including phenoxy) is 1. The Kier molecular flexibility index (Phi) is 6.58. The van der Waals surface area contributed by atoms with Gasteiger partial charge in [-0.15, -0.1) is 0 Å². The van der Waals surface area contributed by atoms with Crippen LogP contribution in [0, 0.1) is 0 Å². The molecule has 0 unspecified atom stereocenters. The topological polar surface area (TPSA) is 41.6 Å². The Morgan fingerprint density at radius 3 is 3.00 bits per heavy atom. The summed E-state index contributed by atoms with van der Waals surface area (Å²) >= 11 is 0. The molecule has 0 saturated heterocycles. The highest BCUT2D eigenvalue weighted by molar-refractivity contribution is 5.75. The van der Waals surface area contributed by atoms with Crippen LogP contribution in [0.5, 0.6) is 0 Å². The highest BCUT2D eigenvalue weighted by atomic mass is 16.5. The average Bonchev–Trinajstić information content (AvgIpc) is 2.38. The summed E-state index contributed by atoms with van der Waals surface area (Å²) in [6.45, 7) is 1.29. The SMILES string of the molecule is CNN(C)C(=O)CCCOCC1=CCCC=C1. The fourth-order valence-electron chi connectivity index (χ4n) is 1.58. The zero-order chi connectivity index (χ0) is 12.5. The number of hydrazine groups is 1. The Hall–Kier alpha value is -1.13. The van der Waals surface area contributed by atoms with Crippen LogP contribution in [0.1, 0.15) is 25.7 Å². The van der Waals surface area contributed by atoms with Crippen LogP contribution in [-0.2, 0) is 9.53 Å². The summed E-state index contributed by atoms with van der Waals surface area (Å²) in [4.78, 5) is 11.4. The molecule has 96 valence electrons. The third-order valence-electron chi connectivity index (χ3n) is 2.73. The maximum atomic E-state index is 11.4. The van der Waals surface area contributed by atoms with E-state index in [0.717, 1.165) is 19.3 Å². The molecular formula is C13H22N2O2. The molecule has 1 aliphatic rings. The predicted molar refractivity (Wildman–Crippen MR) is 68.3 cm³/mol. The molecule has 17 heavy (non-hydrogen) atoms. The second-order valence-electron chi connectivity index (χ2n) is 4.09. The summed E-state index contributed by atoms with van der Waals surface area (Å²) in [7, 11) is 3.46. The van der Waals surface area contributed by atoms with Gasteiger partial charge >= 0.3 is 0 Å². The van der Waals surface area contributed by atoms with E-state index >= 15 is 0 Å². The zero-order valence-corrected chi connectivity index (χ0v) is 10.7. The van der Waals surface area contributed by atoms with Crippen LogP contribution < -0.4 is 5.43 Å². The predicted octanol–water partition coefficient (Wildman–Crippen LogP) is 1.65. The molecule has 0 radical (unpaired) electrons. The van der Waals surface area contributed by atoms with Crippen LogP contribution in [0.3, 0.4) is 0 Å². The Morgan fingerprint density at radius 2 is 2.35 bits per heavy atom. The fourth-order valence-corrected chi connectivity index (χ4v) is 1.58. The quantitative estimate of drug-likeness (QED) is 0.541. The van der Waals surface area contributed by atoms with Gasteiger partial charge in [0.1, 0.15) is 0 Å². The van der Waals surface area contributed by atoms with E-state index in [0.29, 0.717) is 19.6 Å². The van der Waals surface area contributed by atoms with Gasteiger partial charge in [0.2, 0.25) is 5.91 Å². The van der Waals surface area contributed by atoms with Crippen molar-refractivity contribution in [2.75, 3.05) is 27.3 Å². The molecule has 4 nitrogen and oxygen atoms in total. The summed E-state index contributed by atoms with van der Waals surface area (Å²) in [5, 5.41) is 1.49. The van der Waals surface area contributed by atoms with E-state index in [1.54, 1.807) is 14.1 Å². The highest BCUT2D eigenvalue weighted by Gasteiger charge is 2.05. The van der Waals surface area contributed by atoms with Gasteiger partial charge in [-0.3, -0.25) is 9.80 Å². The smallest absolute Gasteiger partial charge is 0.236 e. The van der Waals surface area contributed by atoms with Gasteiger partial charge in [0.05, 0.1) is 6.61 Å². The molecule has 0 spiro atoms. The molecule has 1 aliphatic carbocycles. The van der Waals surface area contributed by atoms with Crippen molar-refractivity contribution < 1.29 is 9.53 Å². The van der Waals surface area contributed by atoms with E-state index in [-0.39, 0.29) is 5.91 Å². The van der Waals surface area contributed by atoms with Crippen molar-refractivity contribution in [3.8, 4) is 0 Å². The van der Waals surface area contributed by atoms with Crippen LogP contribution >= 0.6 is 0 Å². The molecule has 0 fully saturated rings. The number of allylic oxidation sites excluding steroid dienone is 2. The Morgan fingerprint density at radius 1 is 1.53 bits per heavy atom. The first-order valence-corrected chi connectivity index (χ1v) is 6.11. The number of rotatable bonds is 7. The van der Waals surface area contributed by atoms with Crippen molar-refractivity contribution in [3.05, 3.63) is 23.8 Å². The molecule has 0 saturated carbocycles. The normalized spacial score (nSPS) is 14.6. The second-order valence-corrected chi connectivity index (χ2v) is 4.09. The maximum absolute atomic E-state index is 11.4. The number of amides is 1. The van der Waals surface area contributed by atoms with Crippen molar-refractivity contribution in [1.29, 1.82) is 0 Å². The van der Waals surface area contributed by atoms with Crippen LogP contribution in [0.4, 0.5) is 0 Å². The minimum Gasteiger partial charge on any atom is -0.377 e. The number of hydrogen-bond donors (Lipinski definition) is 1. The summed E-state index contributed by atoms with van der Waals surface area (Å²) in [6, 6.07) is 0. The van der Waals surface area contributed by atoms with Gasteiger partial charge < -0.3 is 4.74 Å². The van der Waals surface area contributed by atoms with E-state index in [1.807, 2.05) is 0 Å². The maximum Gasteiger partial charge on any atom is 0.236 e. The molecule has 1 rings (SSSR count). The number of hydrogen-bond acceptors (Lipinski definition) is 3. The zero-order valence-electron chi connectivity index (χ0n) is 10.7. The molecule has 0 aliphatic heterocycles. The van der Waals surface area contributed by atoms with Crippen LogP contribution in [0.2, 0.25) is 0 Å². The van der Waals surface area contributed by atoms with E-state index in [1.165, 1.54) is 10.6 Å². The summed E-state index contributed by atoms with van der Waals surface area (Å²) in [5.74, 6) is 0.0906. The van der Waals surface area contributed by atoms with E-state index in [2.05, 4.69) is 23.7 Å². The van der Waals surface area contributed by atoms with Gasteiger partial charge in [-0.05, 0) is 24.8 Å². The van der Waals surface area contributed by atoms with Crippen molar-refractivity contribution in [1.82, 2.24) is 10.4 Å². The number of carbonyl (C=O) groups excluding carboxylic acids is 1. The Balaban J connectivity index is 2.03. The number of nitrogens with zero attached hydrogens (tertiary/aromatic N) is 1. The summed E-state index contributed by atoms with van der Waals surface area (Å²) in [6.07, 6.45) is 10.0. The molecule has 0 bridgehead atoms. The Labute approximate surface area is 103 Å². The lowest BCUT2D eigenvalue weighted by Crippen LogP contribution is -2.36. The van der Waals surface area contributed by atoms with Gasteiger partial charge in [-0.2, -0.15) is 0 Å². The van der Waals surface area contributed by atoms with Gasteiger partial charge in [-0.25, -0.2) is 5.43 Å². The van der Waals surface area contributed by atoms with Crippen molar-refractivity contribution in [2.24, 2.45) is 0 Å². The summed E-state index contributed by atoms with van der Waals surface area (Å²) in [5.41, 5.74) is 4.03. The van der Waals surface area contributed by atoms with Crippen molar-refractivity contribution in [2.45, 2.75) is 25.7 Å². The highest BCUT2D eigenvalue weighted by Crippen LogP contribution is 2.09. The molecule has 4 heteroatoms. The molecule has 1 N–H and O–H groups in total. The van der Waals surface area contributed by atoms with Crippen LogP contribution in [0.25, 0.3) is 0 Å². The lowest BCUT2D eigenvalue weighted by atomic mass is 10.1. The largest absolute Gasteiger partial charge is 0.377 e. The van der Waals surface area contributed by atoms with E-state index < -0.39 is 0 Å². The average molecular weight is 238 g/mol. The molecule has 0 atom stereocenters. The minimum absolute atomic E-state index is 0.0906. The number of nitrogens with one attached hydrogen (secondary N) is 1. The monoisotopic (exact) mass is 238 g/mol. The molecule has 0 aromatic heterocycles. The lowest BCUT2D eigenvalue weighted by molar-refractivity contribution is -0.132. The molecule has 0 aromatic carbocycles. The standard InChI is InChI=1S/C13H22N2O2/c1-14-15(2)13(16)9-6-10-17-11-12-7-4-3-5-8-12/h4,7-8,14H,3,5-6,9-11H2,1-2H3. The minimum atomic E-state index is 0.0906. The molecule has 0 heterocycles. The third kappa shape index (κ3) is 5.65. The first-order valence-electron chi connectivity index (χ1n) is 6.11. The van der Waals surface area contributed by atoms with Gasteiger partial charge in [-0.1, -0.05) is 18.2 Å². The second kappa shape index (κ2) is 8.03. The fraction of sp³-hybridized carbons (Fsp3) is 0.615. The first-order chi connectivity index (χ1) is 8.24. The first kappa shape index (κ1) is 13.9. The number of carbonyl (C=O) groups is 1. The Bertz CT molecular complexity index is 298. The van der Waals surface area contributed by atoms with Gasteiger partial charge in [0, 0.05) is 27.1 Å². The van der Waals surface area contributed by atoms with E-state index in [4.69, 9.17) is 4.74 Å². The van der Waals surface area contributed by atoms with Crippen molar-refractivity contribution >= 4 is 5.91 Å². The van der Waals surface area contributed by atoms with E-state index in [9.17, 15) is 4.79 Å². The third-order valence-corrected chi connectivity index (χ3v) is 2.73. The molecule has 0 aromatic rings. The molecular weight excluding hydrogens is 216 g/mol. The van der Waals surface area contributed by atoms with Crippen LogP contribution in [-0.4, -0.2) is 38.2 Å². The van der Waals surface area contributed by atoms with Gasteiger partial charge in [0.15, 0.2) is 0 Å². The van der Waals surface area contributed by atoms with Crippen LogP contribution in [0.15, 0.2) is 23.8 Å². The summed E-state index contributed by atoms with van der Waals surface area (Å²) < 4.78 is 5.53. The van der Waals surface area contributed by atoms with Crippen molar-refractivity contribution in [3.63, 3.8) is 0 Å². The lowest BCUT2D eigenvalue weighted by Gasteiger charge is -2.15.